The molecule has 0 rings (SSSR count). The molecule has 0 saturated carbocycles. The molecule has 98 valence electrons. The molecule has 0 fully saturated rings. The van der Waals surface area contributed by atoms with Crippen molar-refractivity contribution in [1.82, 2.24) is 5.32 Å². The molecule has 1 amide bonds. The third kappa shape index (κ3) is 15.9. The first-order valence-electron chi connectivity index (χ1n) is 5.02. The fourth-order valence-electron chi connectivity index (χ4n) is 0.505. The van der Waals surface area contributed by atoms with Gasteiger partial charge in [0.2, 0.25) is 5.91 Å². The minimum atomic E-state index is -0.317. The summed E-state index contributed by atoms with van der Waals surface area (Å²) in [5.41, 5.74) is 4.85. The van der Waals surface area contributed by atoms with Crippen LogP contribution >= 0.6 is 11.8 Å². The average molecular weight is 369 g/mol. The minimum absolute atomic E-state index is 0.123. The summed E-state index contributed by atoms with van der Waals surface area (Å²) >= 11 is 3.03. The summed E-state index contributed by atoms with van der Waals surface area (Å²) in [4.78, 5) is 30.6. The predicted octanol–water partition coefficient (Wildman–Crippen LogP) is -0.456. The molecule has 7 heteroatoms. The molecule has 2 radical (unpaired) electrons. The maximum atomic E-state index is 10.4. The number of rotatable bonds is 7. The molecule has 5 nitrogen and oxygen atoms in total. The largest absolute Gasteiger partial charge is 0.368 e. The molecule has 0 spiro atoms. The Kier molecular flexibility index (Phi) is 14.1. The number of nitrogens with two attached hydrogens (primary N) is 1. The van der Waals surface area contributed by atoms with Crippen molar-refractivity contribution in [3.05, 3.63) is 0 Å². The Balaban J connectivity index is 0. The van der Waals surface area contributed by atoms with Crippen LogP contribution in [-0.4, -0.2) is 65.6 Å². The van der Waals surface area contributed by atoms with Crippen molar-refractivity contribution in [1.29, 1.82) is 0 Å². The third-order valence-electron chi connectivity index (χ3n) is 1.61. The zero-order valence-electron chi connectivity index (χ0n) is 10.3. The SMILES string of the molecule is CC(=O)CSC[CH]([Sb])C=O.CN[C@@H](C)C(N)=O. The number of ketones is 1. The summed E-state index contributed by atoms with van der Waals surface area (Å²) in [7, 11) is 1.69. The van der Waals surface area contributed by atoms with E-state index in [1.165, 1.54) is 34.8 Å². The smallest absolute Gasteiger partial charge is 0.234 e. The number of hydrogen-bond acceptors (Lipinski definition) is 5. The van der Waals surface area contributed by atoms with E-state index in [4.69, 9.17) is 5.73 Å². The van der Waals surface area contributed by atoms with Crippen molar-refractivity contribution in [2.45, 2.75) is 23.8 Å². The van der Waals surface area contributed by atoms with Crippen LogP contribution in [0.1, 0.15) is 13.8 Å². The monoisotopic (exact) mass is 368 g/mol. The van der Waals surface area contributed by atoms with E-state index in [2.05, 4.69) is 5.32 Å². The van der Waals surface area contributed by atoms with E-state index in [1.807, 2.05) is 0 Å². The Labute approximate surface area is 120 Å². The molecule has 0 aromatic rings. The van der Waals surface area contributed by atoms with Crippen LogP contribution in [0.4, 0.5) is 0 Å². The molecule has 17 heavy (non-hydrogen) atoms. The first-order chi connectivity index (χ1) is 7.84. The minimum Gasteiger partial charge on any atom is -0.368 e. The number of primary amides is 1. The van der Waals surface area contributed by atoms with E-state index in [-0.39, 0.29) is 21.6 Å². The molecule has 0 aliphatic rings. The number of nitrogens with one attached hydrogen (secondary N) is 1. The molecule has 3 N–H and O–H groups in total. The van der Waals surface area contributed by atoms with Gasteiger partial charge in [-0.1, -0.05) is 0 Å². The maximum absolute atomic E-state index is 10.4. The number of thioether (sulfide) groups is 1. The fourth-order valence-corrected chi connectivity index (χ4v) is 2.13. The molecule has 0 aliphatic heterocycles. The van der Waals surface area contributed by atoms with Gasteiger partial charge in [-0.3, -0.25) is 4.79 Å². The molecular formula is C10H19N2O3SSb. The van der Waals surface area contributed by atoms with Crippen molar-refractivity contribution in [2.24, 2.45) is 5.73 Å². The van der Waals surface area contributed by atoms with Crippen LogP contribution in [0.5, 0.6) is 0 Å². The van der Waals surface area contributed by atoms with E-state index in [9.17, 15) is 14.4 Å². The number of likely N-dealkylation sites (N-methyl/N-ethyl adjacent to an activating group) is 1. The molecule has 0 bridgehead atoms. The average Bonchev–Trinajstić information content (AvgIpc) is 2.27. The normalized spacial score (nSPS) is 12.9. The predicted molar refractivity (Wildman–Crippen MR) is 71.3 cm³/mol. The molecule has 1 unspecified atom stereocenters. The summed E-state index contributed by atoms with van der Waals surface area (Å²) in [5.74, 6) is 1.17. The zero-order chi connectivity index (χ0) is 13.8. The van der Waals surface area contributed by atoms with Gasteiger partial charge in [-0.05, 0) is 14.0 Å². The fraction of sp³-hybridized carbons (Fsp3) is 0.700. The third-order valence-corrected chi connectivity index (χ3v) is 4.42. The topological polar surface area (TPSA) is 89.3 Å². The van der Waals surface area contributed by atoms with Crippen LogP contribution in [-0.2, 0) is 14.4 Å². The van der Waals surface area contributed by atoms with E-state index >= 15 is 0 Å². The summed E-state index contributed by atoms with van der Waals surface area (Å²) in [6.45, 7) is 3.27. The Bertz CT molecular complexity index is 252. The Morgan fingerprint density at radius 3 is 2.29 bits per heavy atom. The van der Waals surface area contributed by atoms with Crippen LogP contribution in [0.3, 0.4) is 0 Å². The van der Waals surface area contributed by atoms with Crippen molar-refractivity contribution >= 4 is 52.8 Å². The zero-order valence-corrected chi connectivity index (χ0v) is 13.7. The van der Waals surface area contributed by atoms with Crippen LogP contribution in [0, 0.1) is 0 Å². The second-order valence-electron chi connectivity index (χ2n) is 3.33. The number of hydrogen-bond donors (Lipinski definition) is 2. The second kappa shape index (κ2) is 12.4. The van der Waals surface area contributed by atoms with Gasteiger partial charge in [0.25, 0.3) is 0 Å². The number of carbonyl (C=O) groups excluding carboxylic acids is 3. The first kappa shape index (κ1) is 19.3. The van der Waals surface area contributed by atoms with Gasteiger partial charge in [-0.2, -0.15) is 0 Å². The van der Waals surface area contributed by atoms with Gasteiger partial charge in [0.05, 0.1) is 6.04 Å². The van der Waals surface area contributed by atoms with Crippen molar-refractivity contribution < 1.29 is 14.4 Å². The van der Waals surface area contributed by atoms with Gasteiger partial charge in [0, 0.05) is 0 Å². The van der Waals surface area contributed by atoms with Gasteiger partial charge in [-0.15, -0.1) is 0 Å². The number of aldehydes is 1. The molecule has 0 heterocycles. The van der Waals surface area contributed by atoms with Crippen LogP contribution in [0.15, 0.2) is 0 Å². The standard InChI is InChI=1S/C6H9O2S.C4H10N2O.Sb/c1-6(8)5-9-4-2-3-7;1-3(6-2)4(5)7;/h2-3H,4-5H2,1H3;3,6H,1-2H3,(H2,5,7);/t;3-;/m.0./s1. The van der Waals surface area contributed by atoms with Gasteiger partial charge in [0.15, 0.2) is 0 Å². The van der Waals surface area contributed by atoms with E-state index < -0.39 is 0 Å². The van der Waals surface area contributed by atoms with E-state index in [1.54, 1.807) is 20.9 Å². The molecule has 0 aromatic carbocycles. The van der Waals surface area contributed by atoms with Crippen molar-refractivity contribution in [3.8, 4) is 0 Å². The molecule has 0 aliphatic carbocycles. The van der Waals surface area contributed by atoms with Gasteiger partial charge < -0.3 is 11.1 Å². The molecule has 0 saturated heterocycles. The number of carbonyl (C=O) groups is 3. The van der Waals surface area contributed by atoms with Gasteiger partial charge in [0.1, 0.15) is 0 Å². The first-order valence-corrected chi connectivity index (χ1v) is 7.65. The van der Waals surface area contributed by atoms with Crippen LogP contribution in [0.25, 0.3) is 0 Å². The summed E-state index contributed by atoms with van der Waals surface area (Å²) < 4.78 is 0.123. The molecule has 0 aromatic heterocycles. The van der Waals surface area contributed by atoms with Crippen molar-refractivity contribution in [2.75, 3.05) is 18.6 Å². The van der Waals surface area contributed by atoms with Crippen molar-refractivity contribution in [3.63, 3.8) is 0 Å². The summed E-state index contributed by atoms with van der Waals surface area (Å²) in [6, 6.07) is -0.208. The maximum Gasteiger partial charge on any atom is 0.234 e. The van der Waals surface area contributed by atoms with Gasteiger partial charge in [-0.25, -0.2) is 0 Å². The Morgan fingerprint density at radius 2 is 2.06 bits per heavy atom. The van der Waals surface area contributed by atoms with Gasteiger partial charge >= 0.3 is 78.7 Å². The number of Topliss-reactive ketones (excluding diaryl/α,β-unsaturated/α-hetero) is 1. The van der Waals surface area contributed by atoms with Crippen LogP contribution in [0.2, 0.25) is 3.86 Å². The molecular weight excluding hydrogens is 350 g/mol. The Morgan fingerprint density at radius 1 is 1.53 bits per heavy atom. The summed E-state index contributed by atoms with van der Waals surface area (Å²) in [5, 5.41) is 2.69. The quantitative estimate of drug-likeness (QED) is 0.469. The van der Waals surface area contributed by atoms with E-state index in [0.29, 0.717) is 5.75 Å². The second-order valence-corrected chi connectivity index (χ2v) is 6.26. The number of amides is 1. The van der Waals surface area contributed by atoms with E-state index in [0.717, 1.165) is 12.0 Å². The summed E-state index contributed by atoms with van der Waals surface area (Å²) in [6.07, 6.45) is 0.932. The van der Waals surface area contributed by atoms with Crippen LogP contribution < -0.4 is 11.1 Å². The Hall–Kier alpha value is -0.0618. The molecule has 2 atom stereocenters.